The van der Waals surface area contributed by atoms with Gasteiger partial charge in [0.1, 0.15) is 11.3 Å². The normalized spacial score (nSPS) is 18.0. The van der Waals surface area contributed by atoms with Gasteiger partial charge in [-0.3, -0.25) is 4.79 Å². The molecule has 1 amide bonds. The first-order chi connectivity index (χ1) is 13.2. The number of carbonyl (C=O) groups excluding carboxylic acids is 1. The number of hydrogen-bond donors (Lipinski definition) is 1. The summed E-state index contributed by atoms with van der Waals surface area (Å²) < 4.78 is 7.16. The van der Waals surface area contributed by atoms with Crippen LogP contribution in [0.4, 0.5) is 0 Å². The second-order valence-electron chi connectivity index (χ2n) is 8.56. The van der Waals surface area contributed by atoms with Crippen LogP contribution >= 0.6 is 0 Å². The Balaban J connectivity index is 1.70. The van der Waals surface area contributed by atoms with Crippen molar-refractivity contribution in [2.75, 3.05) is 0 Å². The van der Waals surface area contributed by atoms with E-state index in [2.05, 4.69) is 60.6 Å². The number of nitrogens with zero attached hydrogens (tertiary/aromatic N) is 3. The smallest absolute Gasteiger partial charge is 0.257 e. The third-order valence-electron chi connectivity index (χ3n) is 5.52. The van der Waals surface area contributed by atoms with Crippen molar-refractivity contribution in [2.24, 2.45) is 5.41 Å². The van der Waals surface area contributed by atoms with Gasteiger partial charge >= 0.3 is 0 Å². The van der Waals surface area contributed by atoms with E-state index in [4.69, 9.17) is 4.52 Å². The predicted octanol–water partition coefficient (Wildman–Crippen LogP) is 4.23. The maximum Gasteiger partial charge on any atom is 0.257 e. The molecule has 1 atom stereocenters. The predicted molar refractivity (Wildman–Crippen MR) is 107 cm³/mol. The van der Waals surface area contributed by atoms with Gasteiger partial charge in [-0.1, -0.05) is 36.7 Å². The van der Waals surface area contributed by atoms with Crippen LogP contribution in [0.2, 0.25) is 0 Å². The van der Waals surface area contributed by atoms with Crippen molar-refractivity contribution in [1.82, 2.24) is 20.3 Å². The molecule has 0 fully saturated rings. The van der Waals surface area contributed by atoms with Crippen molar-refractivity contribution in [2.45, 2.75) is 53.5 Å². The SMILES string of the molecule is Cc1ccc(-n2ncc3c2CC(C)(C)C[C@H]3NC(=O)c2c(C)noc2C)cc1. The lowest BCUT2D eigenvalue weighted by Gasteiger charge is -2.36. The van der Waals surface area contributed by atoms with Crippen LogP contribution in [0.1, 0.15) is 64.9 Å². The summed E-state index contributed by atoms with van der Waals surface area (Å²) in [5.41, 5.74) is 5.68. The summed E-state index contributed by atoms with van der Waals surface area (Å²) in [4.78, 5) is 12.9. The molecular weight excluding hydrogens is 352 g/mol. The summed E-state index contributed by atoms with van der Waals surface area (Å²) in [6, 6.07) is 8.25. The van der Waals surface area contributed by atoms with Gasteiger partial charge in [0.05, 0.1) is 29.3 Å². The molecule has 1 aliphatic rings. The van der Waals surface area contributed by atoms with Crippen LogP contribution in [0.3, 0.4) is 0 Å². The van der Waals surface area contributed by atoms with Crippen LogP contribution in [0.25, 0.3) is 5.69 Å². The zero-order valence-electron chi connectivity index (χ0n) is 17.0. The fourth-order valence-corrected chi connectivity index (χ4v) is 4.12. The van der Waals surface area contributed by atoms with E-state index in [9.17, 15) is 4.79 Å². The molecule has 0 spiro atoms. The molecule has 0 radical (unpaired) electrons. The third-order valence-corrected chi connectivity index (χ3v) is 5.52. The molecule has 3 aromatic rings. The average Bonchev–Trinajstić information content (AvgIpc) is 3.18. The Morgan fingerprint density at radius 2 is 1.93 bits per heavy atom. The standard InChI is InChI=1S/C22H26N4O2/c1-13-6-8-16(9-7-13)26-19-11-22(4,5)10-18(17(19)12-23-26)24-21(27)20-14(2)25-28-15(20)3/h6-9,12,18H,10-11H2,1-5H3,(H,24,27)/t18-/m1/s1. The van der Waals surface area contributed by atoms with Crippen LogP contribution in [0.15, 0.2) is 35.0 Å². The van der Waals surface area contributed by atoms with Gasteiger partial charge in [-0.25, -0.2) is 4.68 Å². The fraction of sp³-hybridized carbons (Fsp3) is 0.409. The molecule has 0 aliphatic heterocycles. The van der Waals surface area contributed by atoms with Gasteiger partial charge in [0.15, 0.2) is 0 Å². The van der Waals surface area contributed by atoms with E-state index in [0.717, 1.165) is 29.8 Å². The van der Waals surface area contributed by atoms with Crippen molar-refractivity contribution < 1.29 is 9.32 Å². The maximum absolute atomic E-state index is 12.9. The Hall–Kier alpha value is -2.89. The minimum absolute atomic E-state index is 0.0478. The number of aromatic nitrogens is 3. The molecule has 6 nitrogen and oxygen atoms in total. The second kappa shape index (κ2) is 6.62. The molecule has 6 heteroatoms. The lowest BCUT2D eigenvalue weighted by atomic mass is 9.74. The number of amides is 1. The van der Waals surface area contributed by atoms with Crippen LogP contribution < -0.4 is 5.32 Å². The molecule has 0 unspecified atom stereocenters. The molecule has 146 valence electrons. The number of fused-ring (bicyclic) bond motifs is 1. The minimum atomic E-state index is -0.145. The molecule has 2 aromatic heterocycles. The van der Waals surface area contributed by atoms with E-state index in [-0.39, 0.29) is 17.4 Å². The molecule has 0 saturated heterocycles. The molecule has 1 N–H and O–H groups in total. The molecule has 0 saturated carbocycles. The first kappa shape index (κ1) is 18.5. The fourth-order valence-electron chi connectivity index (χ4n) is 4.12. The molecule has 4 rings (SSSR count). The van der Waals surface area contributed by atoms with E-state index < -0.39 is 0 Å². The Labute approximate surface area is 164 Å². The quantitative estimate of drug-likeness (QED) is 0.740. The van der Waals surface area contributed by atoms with Crippen molar-refractivity contribution in [3.8, 4) is 5.69 Å². The van der Waals surface area contributed by atoms with Gasteiger partial charge in [0.2, 0.25) is 0 Å². The van der Waals surface area contributed by atoms with Gasteiger partial charge in [-0.05, 0) is 51.2 Å². The highest BCUT2D eigenvalue weighted by Crippen LogP contribution is 2.41. The van der Waals surface area contributed by atoms with Crippen LogP contribution in [-0.2, 0) is 6.42 Å². The highest BCUT2D eigenvalue weighted by Gasteiger charge is 2.36. The zero-order chi connectivity index (χ0) is 20.1. The van der Waals surface area contributed by atoms with Crippen molar-refractivity contribution in [3.63, 3.8) is 0 Å². The second-order valence-corrected chi connectivity index (χ2v) is 8.56. The molecular formula is C22H26N4O2. The molecule has 2 heterocycles. The molecule has 1 aromatic carbocycles. The van der Waals surface area contributed by atoms with E-state index in [1.807, 2.05) is 10.9 Å². The summed E-state index contributed by atoms with van der Waals surface area (Å²) in [5.74, 6) is 0.397. The summed E-state index contributed by atoms with van der Waals surface area (Å²) in [6.45, 7) is 10.1. The van der Waals surface area contributed by atoms with E-state index >= 15 is 0 Å². The Morgan fingerprint density at radius 3 is 2.57 bits per heavy atom. The summed E-state index contributed by atoms with van der Waals surface area (Å²) in [6.07, 6.45) is 3.66. The third kappa shape index (κ3) is 3.23. The monoisotopic (exact) mass is 378 g/mol. The van der Waals surface area contributed by atoms with E-state index in [0.29, 0.717) is 17.0 Å². The van der Waals surface area contributed by atoms with Crippen LogP contribution in [0.5, 0.6) is 0 Å². The first-order valence-electron chi connectivity index (χ1n) is 9.63. The van der Waals surface area contributed by atoms with Crippen molar-refractivity contribution in [3.05, 3.63) is 64.3 Å². The zero-order valence-corrected chi connectivity index (χ0v) is 17.0. The Kier molecular flexibility index (Phi) is 4.37. The molecule has 28 heavy (non-hydrogen) atoms. The summed E-state index contributed by atoms with van der Waals surface area (Å²) in [5, 5.41) is 11.8. The number of hydrogen-bond acceptors (Lipinski definition) is 4. The topological polar surface area (TPSA) is 73.0 Å². The van der Waals surface area contributed by atoms with Crippen molar-refractivity contribution in [1.29, 1.82) is 0 Å². The summed E-state index contributed by atoms with van der Waals surface area (Å²) >= 11 is 0. The van der Waals surface area contributed by atoms with Crippen LogP contribution in [0, 0.1) is 26.2 Å². The van der Waals surface area contributed by atoms with E-state index in [1.165, 1.54) is 5.56 Å². The average molecular weight is 378 g/mol. The highest BCUT2D eigenvalue weighted by atomic mass is 16.5. The van der Waals surface area contributed by atoms with Gasteiger partial charge in [-0.15, -0.1) is 0 Å². The van der Waals surface area contributed by atoms with Crippen molar-refractivity contribution >= 4 is 5.91 Å². The number of nitrogens with one attached hydrogen (secondary N) is 1. The minimum Gasteiger partial charge on any atom is -0.361 e. The largest absolute Gasteiger partial charge is 0.361 e. The maximum atomic E-state index is 12.9. The number of carbonyl (C=O) groups is 1. The Morgan fingerprint density at radius 1 is 1.21 bits per heavy atom. The van der Waals surface area contributed by atoms with Gasteiger partial charge in [0, 0.05) is 5.56 Å². The lowest BCUT2D eigenvalue weighted by Crippen LogP contribution is -2.37. The van der Waals surface area contributed by atoms with Gasteiger partial charge in [0.25, 0.3) is 5.91 Å². The van der Waals surface area contributed by atoms with Crippen LogP contribution in [-0.4, -0.2) is 20.8 Å². The molecule has 1 aliphatic carbocycles. The molecule has 0 bridgehead atoms. The first-order valence-corrected chi connectivity index (χ1v) is 9.63. The summed E-state index contributed by atoms with van der Waals surface area (Å²) in [7, 11) is 0. The highest BCUT2D eigenvalue weighted by molar-refractivity contribution is 5.96. The van der Waals surface area contributed by atoms with Gasteiger partial charge in [-0.2, -0.15) is 5.10 Å². The van der Waals surface area contributed by atoms with Gasteiger partial charge < -0.3 is 9.84 Å². The lowest BCUT2D eigenvalue weighted by molar-refractivity contribution is 0.0917. The van der Waals surface area contributed by atoms with E-state index in [1.54, 1.807) is 13.8 Å². The number of rotatable bonds is 3. The number of benzene rings is 1. The number of aryl methyl sites for hydroxylation is 3. The Bertz CT molecular complexity index is 1010.